The number of hydrogen-bond donors (Lipinski definition) is 0. The molecule has 430 valence electrons. The Bertz CT molecular complexity index is 3740. The summed E-state index contributed by atoms with van der Waals surface area (Å²) in [4.78, 5) is 23.4. The molecule has 12 heteroatoms. The van der Waals surface area contributed by atoms with Crippen molar-refractivity contribution in [3.8, 4) is 90.1 Å². The number of benzene rings is 8. The highest BCUT2D eigenvalue weighted by Gasteiger charge is 2.61. The van der Waals surface area contributed by atoms with Crippen LogP contribution in [0.1, 0.15) is 51.0 Å². The second-order valence-electron chi connectivity index (χ2n) is 22.7. The van der Waals surface area contributed by atoms with Crippen molar-refractivity contribution in [2.75, 3.05) is 14.2 Å². The van der Waals surface area contributed by atoms with E-state index < -0.39 is 20.7 Å². The molecule has 4 heterocycles. The molecule has 0 aliphatic heterocycles. The Morgan fingerprint density at radius 3 is 0.593 bits per heavy atom. The molecular weight excluding hydrogens is 1100 g/mol. The van der Waals surface area contributed by atoms with Crippen LogP contribution in [0.3, 0.4) is 0 Å². The molecule has 4 aromatic heterocycles. The van der Waals surface area contributed by atoms with Gasteiger partial charge in [0.2, 0.25) is 0 Å². The number of hydrogen-bond acceptors (Lipinski definition) is 8. The Kier molecular flexibility index (Phi) is 15.8. The summed E-state index contributed by atoms with van der Waals surface area (Å²) in [6.45, 7) is 9.06. The maximum atomic E-state index is 7.47. The molecule has 0 bridgehead atoms. The van der Waals surface area contributed by atoms with Gasteiger partial charge in [0.15, 0.2) is 34.5 Å². The largest absolute Gasteiger partial charge is 0.361 e. The maximum absolute atomic E-state index is 7.47. The minimum atomic E-state index is -1.39. The minimum Gasteiger partial charge on any atom is -0.361 e. The van der Waals surface area contributed by atoms with E-state index >= 15 is 0 Å². The van der Waals surface area contributed by atoms with Gasteiger partial charge < -0.3 is 27.7 Å². The zero-order chi connectivity index (χ0) is 59.8. The van der Waals surface area contributed by atoms with Crippen molar-refractivity contribution in [2.45, 2.75) is 48.4 Å². The Hall–Kier alpha value is -8.78. The van der Waals surface area contributed by atoms with Crippen LogP contribution in [0.15, 0.2) is 243 Å². The first-order valence-electron chi connectivity index (χ1n) is 29.0. The summed E-state index contributed by atoms with van der Waals surface area (Å²) < 4.78 is 22.0. The number of imidazole rings is 4. The fraction of sp³-hybridized carbons (Fsp3) is 0.189. The van der Waals surface area contributed by atoms with Crippen LogP contribution in [0.2, 0.25) is 0 Å². The van der Waals surface area contributed by atoms with Gasteiger partial charge >= 0.3 is 0 Å². The van der Waals surface area contributed by atoms with Gasteiger partial charge in [-0.2, -0.15) is 0 Å². The van der Waals surface area contributed by atoms with Gasteiger partial charge in [0.05, 0.1) is 55.0 Å². The summed E-state index contributed by atoms with van der Waals surface area (Å²) in [5.74, 6) is 2.75. The quantitative estimate of drug-likeness (QED) is 0.0740. The summed E-state index contributed by atoms with van der Waals surface area (Å²) in [6, 6.07) is 83.9. The monoisotopic (exact) mass is 1170 g/mol. The Morgan fingerprint density at radius 1 is 0.267 bits per heavy atom. The first kappa shape index (κ1) is 57.6. The van der Waals surface area contributed by atoms with Crippen LogP contribution in [0.5, 0.6) is 0 Å². The van der Waals surface area contributed by atoms with Crippen molar-refractivity contribution >= 4 is 21.6 Å². The van der Waals surface area contributed by atoms with Crippen LogP contribution in [-0.2, 0) is 48.9 Å². The van der Waals surface area contributed by atoms with Gasteiger partial charge in [0.25, 0.3) is 0 Å². The predicted molar refractivity (Wildman–Crippen MR) is 355 cm³/mol. The fourth-order valence-corrected chi connectivity index (χ4v) is 15.7. The van der Waals surface area contributed by atoms with Gasteiger partial charge in [-0.1, -0.05) is 264 Å². The normalized spacial score (nSPS) is 12.3. The number of methoxy groups -OCH3 is 2. The highest BCUT2D eigenvalue weighted by molar-refractivity contribution is 8.77. The van der Waals surface area contributed by atoms with E-state index in [1.807, 2.05) is 38.5 Å². The summed E-state index contributed by atoms with van der Waals surface area (Å²) in [6.07, 6.45) is 0. The second-order valence-corrected chi connectivity index (χ2v) is 26.0. The molecule has 0 N–H and O–H groups in total. The highest BCUT2D eigenvalue weighted by atomic mass is 33.1. The van der Waals surface area contributed by atoms with Crippen molar-refractivity contribution in [3.63, 3.8) is 0 Å². The molecule has 0 aliphatic rings. The van der Waals surface area contributed by atoms with Crippen LogP contribution in [0.25, 0.3) is 90.1 Å². The van der Waals surface area contributed by atoms with Crippen molar-refractivity contribution in [3.05, 3.63) is 266 Å². The number of ether oxygens (including phenoxy) is 2. The molecule has 0 aliphatic carbocycles. The first-order valence-corrected chi connectivity index (χ1v) is 31.1. The molecule has 0 spiro atoms. The SMILES string of the molecule is COC(c1nc(-c2ccccc2)c(-c2ccccc2)n1C)(c1nc(-c2ccccc2)c(-c2ccccc2)n1C)C(C)(C)SSC(C)(C)C(OC)(c1nc(-c2ccccc2)c(-c2ccccc2)n1C)c1nc(-c2ccccc2)c(-c2ccccc2)n1C. The van der Waals surface area contributed by atoms with Gasteiger partial charge in [-0.15, -0.1) is 0 Å². The lowest BCUT2D eigenvalue weighted by molar-refractivity contribution is -0.0226. The Morgan fingerprint density at radius 2 is 0.430 bits per heavy atom. The summed E-state index contributed by atoms with van der Waals surface area (Å²) in [7, 11) is 15.5. The van der Waals surface area contributed by atoms with E-state index in [0.717, 1.165) is 90.1 Å². The average Bonchev–Trinajstić information content (AvgIpc) is 1.56. The van der Waals surface area contributed by atoms with E-state index in [1.165, 1.54) is 0 Å². The minimum absolute atomic E-state index is 0.687. The molecule has 0 unspecified atom stereocenters. The summed E-state index contributed by atoms with van der Waals surface area (Å²) >= 11 is 0. The highest BCUT2D eigenvalue weighted by Crippen LogP contribution is 2.61. The van der Waals surface area contributed by atoms with E-state index in [1.54, 1.807) is 21.6 Å². The molecular formula is C74H70N8O2S2. The van der Waals surface area contributed by atoms with Gasteiger partial charge in [-0.3, -0.25) is 0 Å². The number of aromatic nitrogens is 8. The molecule has 8 aromatic carbocycles. The van der Waals surface area contributed by atoms with Crippen molar-refractivity contribution in [1.29, 1.82) is 0 Å². The standard InChI is InChI=1S/C74H70N8O2S2/c1-71(2,73(83-9,67-75-59(51-35-19-11-20-36-51)63(79(67)5)55-43-27-15-28-44-55)68-76-60(52-37-21-12-22-38-52)64(80(68)6)56-45-29-16-30-46-56)85-86-72(3,4)74(84-10,69-77-61(53-39-23-13-24-40-53)65(81(69)7)57-47-31-17-32-48-57)70-78-62(54-41-25-14-26-42-54)66(82(70)8)58-49-33-18-34-50-58/h11-50H,1-10H3. The topological polar surface area (TPSA) is 89.7 Å². The Labute approximate surface area is 513 Å². The first-order chi connectivity index (χ1) is 41.8. The second kappa shape index (κ2) is 23.6. The lowest BCUT2D eigenvalue weighted by Crippen LogP contribution is -2.53. The van der Waals surface area contributed by atoms with E-state index in [0.29, 0.717) is 23.3 Å². The zero-order valence-electron chi connectivity index (χ0n) is 50.3. The van der Waals surface area contributed by atoms with Crippen LogP contribution < -0.4 is 0 Å². The molecule has 0 amide bonds. The fourth-order valence-electron chi connectivity index (χ4n) is 12.6. The smallest absolute Gasteiger partial charge is 0.197 e. The third-order valence-electron chi connectivity index (χ3n) is 16.8. The lowest BCUT2D eigenvalue weighted by Gasteiger charge is -2.47. The molecule has 12 rings (SSSR count). The molecule has 0 saturated carbocycles. The molecule has 0 radical (unpaired) electrons. The van der Waals surface area contributed by atoms with Gasteiger partial charge in [0, 0.05) is 86.9 Å². The Balaban J connectivity index is 1.12. The van der Waals surface area contributed by atoms with E-state index in [4.69, 9.17) is 29.4 Å². The van der Waals surface area contributed by atoms with Crippen LogP contribution in [-0.4, -0.2) is 61.9 Å². The zero-order valence-corrected chi connectivity index (χ0v) is 51.9. The van der Waals surface area contributed by atoms with Gasteiger partial charge in [-0.25, -0.2) is 19.9 Å². The summed E-state index contributed by atoms with van der Waals surface area (Å²) in [5.41, 5.74) is 12.4. The molecule has 12 aromatic rings. The molecule has 10 nitrogen and oxygen atoms in total. The third kappa shape index (κ3) is 9.74. The van der Waals surface area contributed by atoms with Crippen molar-refractivity contribution in [1.82, 2.24) is 38.2 Å². The lowest BCUT2D eigenvalue weighted by atomic mass is 9.86. The molecule has 0 fully saturated rings. The average molecular weight is 1170 g/mol. The maximum Gasteiger partial charge on any atom is 0.197 e. The van der Waals surface area contributed by atoms with E-state index in [-0.39, 0.29) is 0 Å². The third-order valence-corrected chi connectivity index (χ3v) is 21.0. The van der Waals surface area contributed by atoms with Gasteiger partial charge in [-0.05, 0) is 27.7 Å². The summed E-state index contributed by atoms with van der Waals surface area (Å²) in [5, 5.41) is 0. The van der Waals surface area contributed by atoms with E-state index in [9.17, 15) is 0 Å². The van der Waals surface area contributed by atoms with E-state index in [2.05, 4.69) is 293 Å². The molecule has 86 heavy (non-hydrogen) atoms. The molecule has 0 saturated heterocycles. The van der Waals surface area contributed by atoms with Gasteiger partial charge in [0.1, 0.15) is 0 Å². The van der Waals surface area contributed by atoms with Crippen molar-refractivity contribution in [2.24, 2.45) is 28.2 Å². The molecule has 0 atom stereocenters. The van der Waals surface area contributed by atoms with Crippen LogP contribution >= 0.6 is 21.6 Å². The van der Waals surface area contributed by atoms with Crippen molar-refractivity contribution < 1.29 is 9.47 Å². The number of nitrogens with zero attached hydrogens (tertiary/aromatic N) is 8. The van der Waals surface area contributed by atoms with Crippen LogP contribution in [0.4, 0.5) is 0 Å². The predicted octanol–water partition coefficient (Wildman–Crippen LogP) is 17.4. The number of rotatable bonds is 19. The van der Waals surface area contributed by atoms with Crippen LogP contribution in [0, 0.1) is 0 Å².